The van der Waals surface area contributed by atoms with Crippen LogP contribution >= 0.6 is 15.9 Å². The lowest BCUT2D eigenvalue weighted by atomic mass is 10.1. The number of hydrogen-bond acceptors (Lipinski definition) is 2. The molecule has 6 heteroatoms. The Morgan fingerprint density at radius 3 is 3.14 bits per heavy atom. The predicted molar refractivity (Wildman–Crippen MR) is 83.0 cm³/mol. The minimum atomic E-state index is 0.0363. The van der Waals surface area contributed by atoms with Gasteiger partial charge in [0.05, 0.1) is 6.20 Å². The van der Waals surface area contributed by atoms with Gasteiger partial charge in [0.1, 0.15) is 5.69 Å². The number of aromatic amines is 2. The Balaban J connectivity index is 1.64. The molecule has 0 unspecified atom stereocenters. The summed E-state index contributed by atoms with van der Waals surface area (Å²) in [5.74, 6) is 0.0363. The maximum atomic E-state index is 12.6. The summed E-state index contributed by atoms with van der Waals surface area (Å²) in [5.41, 5.74) is 3.84. The zero-order chi connectivity index (χ0) is 14.4. The molecule has 5 nitrogen and oxygen atoms in total. The van der Waals surface area contributed by atoms with Crippen LogP contribution < -0.4 is 0 Å². The van der Waals surface area contributed by atoms with Gasteiger partial charge in [-0.05, 0) is 18.2 Å². The Labute approximate surface area is 129 Å². The van der Waals surface area contributed by atoms with Gasteiger partial charge in [0.15, 0.2) is 0 Å². The minimum Gasteiger partial charge on any atom is -0.350 e. The fourth-order valence-electron chi connectivity index (χ4n) is 2.78. The normalized spacial score (nSPS) is 14.4. The molecule has 0 saturated carbocycles. The molecule has 0 bridgehead atoms. The number of nitrogens with zero attached hydrogens (tertiary/aromatic N) is 2. The van der Waals surface area contributed by atoms with Crippen molar-refractivity contribution in [2.75, 3.05) is 6.54 Å². The van der Waals surface area contributed by atoms with Crippen LogP contribution in [0.15, 0.2) is 34.9 Å². The molecule has 0 fully saturated rings. The molecule has 0 saturated heterocycles. The fourth-order valence-corrected chi connectivity index (χ4v) is 3.14. The number of carbonyl (C=O) groups is 1. The lowest BCUT2D eigenvalue weighted by molar-refractivity contribution is 0.0729. The molecule has 1 aliphatic heterocycles. The standard InChI is InChI=1S/C15H13BrN4O/c16-11-2-1-9-5-14(18-13(9)6-11)15(21)20-4-3-12-10(8-20)7-17-19-12/h1-2,5-7,18H,3-4,8H2,(H,17,19). The van der Waals surface area contributed by atoms with Gasteiger partial charge in [-0.25, -0.2) is 0 Å². The number of amides is 1. The number of halogens is 1. The largest absolute Gasteiger partial charge is 0.350 e. The van der Waals surface area contributed by atoms with E-state index in [-0.39, 0.29) is 5.91 Å². The summed E-state index contributed by atoms with van der Waals surface area (Å²) < 4.78 is 0.997. The first-order valence-electron chi connectivity index (χ1n) is 6.79. The molecule has 2 aromatic heterocycles. The number of fused-ring (bicyclic) bond motifs is 2. The van der Waals surface area contributed by atoms with Gasteiger partial charge < -0.3 is 9.88 Å². The van der Waals surface area contributed by atoms with Crippen LogP contribution in [0, 0.1) is 0 Å². The zero-order valence-electron chi connectivity index (χ0n) is 11.2. The molecule has 1 aliphatic rings. The second kappa shape index (κ2) is 4.73. The third-order valence-corrected chi connectivity index (χ3v) is 4.40. The molecule has 0 aliphatic carbocycles. The van der Waals surface area contributed by atoms with Gasteiger partial charge in [-0.15, -0.1) is 0 Å². The fraction of sp³-hybridized carbons (Fsp3) is 0.200. The Morgan fingerprint density at radius 2 is 2.24 bits per heavy atom. The Kier molecular flexibility index (Phi) is 2.85. The van der Waals surface area contributed by atoms with Crippen LogP contribution in [-0.2, 0) is 13.0 Å². The average Bonchev–Trinajstić information content (AvgIpc) is 3.11. The number of carbonyl (C=O) groups excluding carboxylic acids is 1. The maximum Gasteiger partial charge on any atom is 0.270 e. The van der Waals surface area contributed by atoms with Crippen LogP contribution in [-0.4, -0.2) is 32.5 Å². The van der Waals surface area contributed by atoms with Crippen LogP contribution in [0.4, 0.5) is 0 Å². The minimum absolute atomic E-state index is 0.0363. The van der Waals surface area contributed by atoms with E-state index in [1.54, 1.807) is 6.20 Å². The van der Waals surface area contributed by atoms with Crippen molar-refractivity contribution in [1.29, 1.82) is 0 Å². The van der Waals surface area contributed by atoms with Crippen molar-refractivity contribution < 1.29 is 4.79 Å². The van der Waals surface area contributed by atoms with Crippen LogP contribution in [0.5, 0.6) is 0 Å². The van der Waals surface area contributed by atoms with E-state index in [1.165, 1.54) is 0 Å². The Morgan fingerprint density at radius 1 is 1.33 bits per heavy atom. The monoisotopic (exact) mass is 344 g/mol. The van der Waals surface area contributed by atoms with Crippen LogP contribution in [0.1, 0.15) is 21.7 Å². The van der Waals surface area contributed by atoms with Crippen molar-refractivity contribution in [2.45, 2.75) is 13.0 Å². The van der Waals surface area contributed by atoms with Crippen LogP contribution in [0.3, 0.4) is 0 Å². The second-order valence-electron chi connectivity index (χ2n) is 5.27. The molecule has 0 spiro atoms. The highest BCUT2D eigenvalue weighted by Crippen LogP contribution is 2.23. The van der Waals surface area contributed by atoms with Crippen molar-refractivity contribution in [2.24, 2.45) is 0 Å². The zero-order valence-corrected chi connectivity index (χ0v) is 12.8. The van der Waals surface area contributed by atoms with E-state index in [4.69, 9.17) is 0 Å². The highest BCUT2D eigenvalue weighted by atomic mass is 79.9. The smallest absolute Gasteiger partial charge is 0.270 e. The van der Waals surface area contributed by atoms with Gasteiger partial charge in [-0.1, -0.05) is 22.0 Å². The number of H-pyrrole nitrogens is 2. The number of hydrogen-bond donors (Lipinski definition) is 2. The highest BCUT2D eigenvalue weighted by molar-refractivity contribution is 9.10. The lowest BCUT2D eigenvalue weighted by Gasteiger charge is -2.26. The summed E-state index contributed by atoms with van der Waals surface area (Å²) >= 11 is 3.44. The summed E-state index contributed by atoms with van der Waals surface area (Å²) in [6, 6.07) is 7.87. The van der Waals surface area contributed by atoms with Crippen molar-refractivity contribution in [3.63, 3.8) is 0 Å². The van der Waals surface area contributed by atoms with E-state index in [0.29, 0.717) is 18.8 Å². The molecule has 4 rings (SSSR count). The van der Waals surface area contributed by atoms with Crippen molar-refractivity contribution in [3.8, 4) is 0 Å². The molecule has 2 N–H and O–H groups in total. The van der Waals surface area contributed by atoms with Gasteiger partial charge in [-0.2, -0.15) is 5.10 Å². The molecule has 0 atom stereocenters. The number of benzene rings is 1. The van der Waals surface area contributed by atoms with Crippen LogP contribution in [0.25, 0.3) is 10.9 Å². The van der Waals surface area contributed by atoms with Crippen molar-refractivity contribution in [1.82, 2.24) is 20.1 Å². The molecule has 1 aromatic carbocycles. The predicted octanol–water partition coefficient (Wildman–Crippen LogP) is 2.85. The molecule has 21 heavy (non-hydrogen) atoms. The van der Waals surface area contributed by atoms with Gasteiger partial charge in [-0.3, -0.25) is 9.89 Å². The first kappa shape index (κ1) is 12.6. The average molecular weight is 345 g/mol. The van der Waals surface area contributed by atoms with E-state index in [0.717, 1.165) is 33.1 Å². The summed E-state index contributed by atoms with van der Waals surface area (Å²) in [7, 11) is 0. The summed E-state index contributed by atoms with van der Waals surface area (Å²) in [4.78, 5) is 17.7. The van der Waals surface area contributed by atoms with E-state index in [2.05, 4.69) is 31.1 Å². The van der Waals surface area contributed by atoms with E-state index in [1.807, 2.05) is 29.2 Å². The topological polar surface area (TPSA) is 64.8 Å². The highest BCUT2D eigenvalue weighted by Gasteiger charge is 2.23. The van der Waals surface area contributed by atoms with Gasteiger partial charge in [0.25, 0.3) is 5.91 Å². The van der Waals surface area contributed by atoms with Gasteiger partial charge >= 0.3 is 0 Å². The number of nitrogens with one attached hydrogen (secondary N) is 2. The summed E-state index contributed by atoms with van der Waals surface area (Å²) in [6.45, 7) is 1.33. The quantitative estimate of drug-likeness (QED) is 0.712. The van der Waals surface area contributed by atoms with Crippen molar-refractivity contribution >= 4 is 32.7 Å². The molecular weight excluding hydrogens is 332 g/mol. The SMILES string of the molecule is O=C(c1cc2ccc(Br)cc2[nH]1)N1CCc2[nH]ncc2C1. The third-order valence-electron chi connectivity index (χ3n) is 3.90. The molecule has 3 heterocycles. The molecule has 106 valence electrons. The molecule has 3 aromatic rings. The second-order valence-corrected chi connectivity index (χ2v) is 6.18. The van der Waals surface area contributed by atoms with Gasteiger partial charge in [0, 0.05) is 46.1 Å². The third kappa shape index (κ3) is 2.15. The molecule has 0 radical (unpaired) electrons. The number of aromatic nitrogens is 3. The van der Waals surface area contributed by atoms with Crippen LogP contribution in [0.2, 0.25) is 0 Å². The van der Waals surface area contributed by atoms with E-state index < -0.39 is 0 Å². The Bertz CT molecular complexity index is 835. The number of rotatable bonds is 1. The maximum absolute atomic E-state index is 12.6. The van der Waals surface area contributed by atoms with E-state index in [9.17, 15) is 4.79 Å². The Hall–Kier alpha value is -2.08. The molecular formula is C15H13BrN4O. The molecule has 1 amide bonds. The summed E-state index contributed by atoms with van der Waals surface area (Å²) in [5, 5.41) is 8.07. The first-order chi connectivity index (χ1) is 10.2. The summed E-state index contributed by atoms with van der Waals surface area (Å²) in [6.07, 6.45) is 2.63. The first-order valence-corrected chi connectivity index (χ1v) is 7.59. The lowest BCUT2D eigenvalue weighted by Crippen LogP contribution is -2.35. The van der Waals surface area contributed by atoms with E-state index >= 15 is 0 Å². The van der Waals surface area contributed by atoms with Gasteiger partial charge in [0.2, 0.25) is 0 Å². The van der Waals surface area contributed by atoms with Crippen molar-refractivity contribution in [3.05, 3.63) is 51.9 Å².